The lowest BCUT2D eigenvalue weighted by Gasteiger charge is -2.33. The first-order valence-electron chi connectivity index (χ1n) is 7.76. The second kappa shape index (κ2) is 7.12. The van der Waals surface area contributed by atoms with Crippen LogP contribution in [0, 0.1) is 6.92 Å². The molecule has 0 atom stereocenters. The minimum Gasteiger partial charge on any atom is -0.339 e. The Morgan fingerprint density at radius 1 is 1.25 bits per heavy atom. The van der Waals surface area contributed by atoms with E-state index in [2.05, 4.69) is 36.4 Å². The normalized spacial score (nSPS) is 14.6. The SMILES string of the molecule is CC(=O)N1CCN(c2nncc(Nc3ccc(Br)c(C)c3)n2)CC1. The maximum atomic E-state index is 11.4. The Morgan fingerprint density at radius 2 is 2.00 bits per heavy atom. The molecule has 0 radical (unpaired) electrons. The molecule has 24 heavy (non-hydrogen) atoms. The van der Waals surface area contributed by atoms with Crippen LogP contribution in [-0.4, -0.2) is 52.2 Å². The van der Waals surface area contributed by atoms with E-state index in [9.17, 15) is 4.79 Å². The summed E-state index contributed by atoms with van der Waals surface area (Å²) < 4.78 is 1.07. The highest BCUT2D eigenvalue weighted by molar-refractivity contribution is 9.10. The number of benzene rings is 1. The molecule has 0 aliphatic carbocycles. The van der Waals surface area contributed by atoms with Gasteiger partial charge in [-0.3, -0.25) is 4.79 Å². The molecule has 3 rings (SSSR count). The molecule has 1 aromatic carbocycles. The zero-order valence-corrected chi connectivity index (χ0v) is 15.2. The second-order valence-corrected chi connectivity index (χ2v) is 6.58. The molecule has 2 heterocycles. The van der Waals surface area contributed by atoms with E-state index >= 15 is 0 Å². The van der Waals surface area contributed by atoms with Crippen LogP contribution in [0.1, 0.15) is 12.5 Å². The van der Waals surface area contributed by atoms with Crippen molar-refractivity contribution in [1.29, 1.82) is 0 Å². The third kappa shape index (κ3) is 3.81. The van der Waals surface area contributed by atoms with Crippen molar-refractivity contribution in [1.82, 2.24) is 20.1 Å². The van der Waals surface area contributed by atoms with Gasteiger partial charge in [-0.2, -0.15) is 10.1 Å². The third-order valence-corrected chi connectivity index (χ3v) is 4.88. The predicted octanol–water partition coefficient (Wildman–Crippen LogP) is 2.35. The van der Waals surface area contributed by atoms with E-state index < -0.39 is 0 Å². The molecule has 1 N–H and O–H groups in total. The van der Waals surface area contributed by atoms with Crippen molar-refractivity contribution >= 4 is 39.3 Å². The van der Waals surface area contributed by atoms with Gasteiger partial charge in [-0.15, -0.1) is 5.10 Å². The number of nitrogens with one attached hydrogen (secondary N) is 1. The second-order valence-electron chi connectivity index (χ2n) is 5.72. The van der Waals surface area contributed by atoms with Gasteiger partial charge >= 0.3 is 0 Å². The van der Waals surface area contributed by atoms with E-state index in [1.807, 2.05) is 34.9 Å². The van der Waals surface area contributed by atoms with Crippen molar-refractivity contribution in [3.8, 4) is 0 Å². The van der Waals surface area contributed by atoms with Crippen LogP contribution in [0.4, 0.5) is 17.5 Å². The first kappa shape index (κ1) is 16.6. The molecule has 7 nitrogen and oxygen atoms in total. The Labute approximate surface area is 149 Å². The highest BCUT2D eigenvalue weighted by atomic mass is 79.9. The maximum Gasteiger partial charge on any atom is 0.247 e. The molecule has 1 aromatic heterocycles. The summed E-state index contributed by atoms with van der Waals surface area (Å²) in [5, 5.41) is 11.4. The monoisotopic (exact) mass is 390 g/mol. The van der Waals surface area contributed by atoms with Gasteiger partial charge in [0, 0.05) is 43.3 Å². The summed E-state index contributed by atoms with van der Waals surface area (Å²) in [6.45, 7) is 6.42. The smallest absolute Gasteiger partial charge is 0.247 e. The number of nitrogens with zero attached hydrogens (tertiary/aromatic N) is 5. The Bertz CT molecular complexity index is 745. The van der Waals surface area contributed by atoms with Crippen LogP contribution in [0.15, 0.2) is 28.9 Å². The average molecular weight is 391 g/mol. The topological polar surface area (TPSA) is 74.2 Å². The van der Waals surface area contributed by atoms with E-state index in [1.165, 1.54) is 0 Å². The molecule has 1 aliphatic rings. The van der Waals surface area contributed by atoms with Crippen LogP contribution >= 0.6 is 15.9 Å². The molecule has 0 saturated carbocycles. The van der Waals surface area contributed by atoms with Crippen molar-refractivity contribution < 1.29 is 4.79 Å². The van der Waals surface area contributed by atoms with Crippen LogP contribution in [-0.2, 0) is 4.79 Å². The summed E-state index contributed by atoms with van der Waals surface area (Å²) in [4.78, 5) is 19.8. The lowest BCUT2D eigenvalue weighted by atomic mass is 10.2. The summed E-state index contributed by atoms with van der Waals surface area (Å²) in [6, 6.07) is 6.01. The van der Waals surface area contributed by atoms with Crippen LogP contribution in [0.5, 0.6) is 0 Å². The summed E-state index contributed by atoms with van der Waals surface area (Å²) in [7, 11) is 0. The van der Waals surface area contributed by atoms with Crippen LogP contribution in [0.25, 0.3) is 0 Å². The lowest BCUT2D eigenvalue weighted by molar-refractivity contribution is -0.129. The standard InChI is InChI=1S/C16H19BrN6O/c1-11-9-13(3-4-14(11)17)19-15-10-18-21-16(20-15)23-7-5-22(6-8-23)12(2)24/h3-4,9-10H,5-8H2,1-2H3,(H,19,20,21). The first-order valence-corrected chi connectivity index (χ1v) is 8.55. The van der Waals surface area contributed by atoms with E-state index in [-0.39, 0.29) is 5.91 Å². The zero-order chi connectivity index (χ0) is 17.1. The number of carbonyl (C=O) groups is 1. The van der Waals surface area contributed by atoms with Gasteiger partial charge in [0.15, 0.2) is 5.82 Å². The van der Waals surface area contributed by atoms with Crippen molar-refractivity contribution in [3.63, 3.8) is 0 Å². The molecule has 0 spiro atoms. The molecule has 1 fully saturated rings. The molecule has 0 bridgehead atoms. The molecule has 1 saturated heterocycles. The number of aromatic nitrogens is 3. The molecule has 126 valence electrons. The quantitative estimate of drug-likeness (QED) is 0.866. The Kier molecular flexibility index (Phi) is 4.94. The molecule has 1 aliphatic heterocycles. The minimum atomic E-state index is 0.106. The first-order chi connectivity index (χ1) is 11.5. The molecular formula is C16H19BrN6O. The summed E-state index contributed by atoms with van der Waals surface area (Å²) in [5.74, 6) is 1.34. The van der Waals surface area contributed by atoms with Gasteiger partial charge in [0.05, 0.1) is 6.20 Å². The van der Waals surface area contributed by atoms with Gasteiger partial charge in [-0.25, -0.2) is 0 Å². The lowest BCUT2D eigenvalue weighted by Crippen LogP contribution is -2.48. The van der Waals surface area contributed by atoms with Gasteiger partial charge in [0.2, 0.25) is 11.9 Å². The zero-order valence-electron chi connectivity index (χ0n) is 13.7. The number of carbonyl (C=O) groups excluding carboxylic acids is 1. The molecule has 2 aromatic rings. The minimum absolute atomic E-state index is 0.106. The van der Waals surface area contributed by atoms with Crippen LogP contribution in [0.3, 0.4) is 0 Å². The van der Waals surface area contributed by atoms with E-state index in [0.29, 0.717) is 37.9 Å². The number of piperazine rings is 1. The number of hydrogen-bond acceptors (Lipinski definition) is 6. The maximum absolute atomic E-state index is 11.4. The fourth-order valence-electron chi connectivity index (χ4n) is 2.58. The van der Waals surface area contributed by atoms with Gasteiger partial charge < -0.3 is 15.1 Å². The van der Waals surface area contributed by atoms with Gasteiger partial charge in [0.25, 0.3) is 0 Å². The summed E-state index contributed by atoms with van der Waals surface area (Å²) >= 11 is 3.49. The number of hydrogen-bond donors (Lipinski definition) is 1. The highest BCUT2D eigenvalue weighted by Gasteiger charge is 2.20. The average Bonchev–Trinajstić information content (AvgIpc) is 2.58. The number of halogens is 1. The number of rotatable bonds is 3. The molecule has 8 heteroatoms. The number of amides is 1. The molecular weight excluding hydrogens is 372 g/mol. The van der Waals surface area contributed by atoms with Crippen LogP contribution < -0.4 is 10.2 Å². The fourth-order valence-corrected chi connectivity index (χ4v) is 2.83. The van der Waals surface area contributed by atoms with Gasteiger partial charge in [-0.1, -0.05) is 15.9 Å². The fraction of sp³-hybridized carbons (Fsp3) is 0.375. The van der Waals surface area contributed by atoms with Crippen molar-refractivity contribution in [3.05, 3.63) is 34.4 Å². The van der Waals surface area contributed by atoms with Crippen molar-refractivity contribution in [2.24, 2.45) is 0 Å². The molecule has 0 unspecified atom stereocenters. The van der Waals surface area contributed by atoms with E-state index in [4.69, 9.17) is 0 Å². The van der Waals surface area contributed by atoms with E-state index in [1.54, 1.807) is 13.1 Å². The van der Waals surface area contributed by atoms with Gasteiger partial charge in [-0.05, 0) is 30.7 Å². The number of anilines is 3. The molecule has 1 amide bonds. The highest BCUT2D eigenvalue weighted by Crippen LogP contribution is 2.22. The Hall–Kier alpha value is -2.22. The summed E-state index contributed by atoms with van der Waals surface area (Å²) in [6.07, 6.45) is 1.60. The Balaban J connectivity index is 1.70. The van der Waals surface area contributed by atoms with Crippen LogP contribution in [0.2, 0.25) is 0 Å². The number of aryl methyl sites for hydroxylation is 1. The van der Waals surface area contributed by atoms with Crippen molar-refractivity contribution in [2.75, 3.05) is 36.4 Å². The van der Waals surface area contributed by atoms with Crippen molar-refractivity contribution in [2.45, 2.75) is 13.8 Å². The third-order valence-electron chi connectivity index (χ3n) is 3.99. The Morgan fingerprint density at radius 3 is 2.67 bits per heavy atom. The predicted molar refractivity (Wildman–Crippen MR) is 96.5 cm³/mol. The van der Waals surface area contributed by atoms with Gasteiger partial charge in [0.1, 0.15) is 0 Å². The van der Waals surface area contributed by atoms with E-state index in [0.717, 1.165) is 15.7 Å². The largest absolute Gasteiger partial charge is 0.339 e. The summed E-state index contributed by atoms with van der Waals surface area (Å²) in [5.41, 5.74) is 2.09.